The summed E-state index contributed by atoms with van der Waals surface area (Å²) >= 11 is 0. The zero-order chi connectivity index (χ0) is 9.14. The number of aryl methyl sites for hydroxylation is 1. The zero-order valence-electron chi connectivity index (χ0n) is 7.57. The number of aromatic nitrogens is 3. The summed E-state index contributed by atoms with van der Waals surface area (Å²) in [4.78, 5) is 4.09. The molecule has 0 N–H and O–H groups in total. The fourth-order valence-corrected chi connectivity index (χ4v) is 0.676. The second-order valence-corrected chi connectivity index (χ2v) is 2.71. The predicted octanol–water partition coefficient (Wildman–Crippen LogP) is 1.40. The van der Waals surface area contributed by atoms with Crippen LogP contribution in [0.4, 0.5) is 5.95 Å². The highest BCUT2D eigenvalue weighted by Gasteiger charge is 2.00. The maximum atomic E-state index is 4.09. The summed E-state index contributed by atoms with van der Waals surface area (Å²) in [5, 5.41) is 7.72. The molecule has 0 aliphatic carbocycles. The third-order valence-electron chi connectivity index (χ3n) is 1.47. The summed E-state index contributed by atoms with van der Waals surface area (Å²) < 4.78 is 1.82. The van der Waals surface area contributed by atoms with Gasteiger partial charge in [-0.25, -0.2) is 4.99 Å². The van der Waals surface area contributed by atoms with Crippen LogP contribution in [0.5, 0.6) is 0 Å². The third-order valence-corrected chi connectivity index (χ3v) is 1.47. The smallest absolute Gasteiger partial charge is 0.250 e. The van der Waals surface area contributed by atoms with E-state index in [2.05, 4.69) is 21.8 Å². The van der Waals surface area contributed by atoms with Crippen molar-refractivity contribution in [2.24, 2.45) is 12.0 Å². The van der Waals surface area contributed by atoms with Crippen LogP contribution in [-0.2, 0) is 7.05 Å². The second-order valence-electron chi connectivity index (χ2n) is 2.71. The average Bonchev–Trinajstić information content (AvgIpc) is 2.30. The Bertz CT molecular complexity index is 322. The highest BCUT2D eigenvalue weighted by atomic mass is 15.3. The first-order valence-corrected chi connectivity index (χ1v) is 3.67. The van der Waals surface area contributed by atoms with Crippen LogP contribution in [0.3, 0.4) is 0 Å². The minimum absolute atomic E-state index is 0.607. The molecule has 1 heterocycles. The Labute approximate surface area is 71.7 Å². The predicted molar refractivity (Wildman–Crippen MR) is 48.7 cm³/mol. The van der Waals surface area contributed by atoms with Crippen LogP contribution in [0.25, 0.3) is 0 Å². The molecule has 0 saturated heterocycles. The monoisotopic (exact) mass is 164 g/mol. The zero-order valence-corrected chi connectivity index (χ0v) is 7.57. The molecule has 0 bridgehead atoms. The largest absolute Gasteiger partial charge is 0.299 e. The van der Waals surface area contributed by atoms with Gasteiger partial charge in [-0.3, -0.25) is 4.57 Å². The van der Waals surface area contributed by atoms with Crippen molar-refractivity contribution in [3.05, 3.63) is 18.0 Å². The van der Waals surface area contributed by atoms with E-state index >= 15 is 0 Å². The molecule has 0 atom stereocenters. The Hall–Kier alpha value is -1.45. The highest BCUT2D eigenvalue weighted by Crippen LogP contribution is 2.06. The van der Waals surface area contributed by atoms with Gasteiger partial charge in [-0.2, -0.15) is 0 Å². The van der Waals surface area contributed by atoms with E-state index < -0.39 is 0 Å². The van der Waals surface area contributed by atoms with Gasteiger partial charge in [0.15, 0.2) is 0 Å². The molecule has 1 rings (SSSR count). The molecular weight excluding hydrogens is 152 g/mol. The highest BCUT2D eigenvalue weighted by molar-refractivity contribution is 5.78. The van der Waals surface area contributed by atoms with E-state index in [-0.39, 0.29) is 0 Å². The molecule has 0 saturated carbocycles. The number of aliphatic imine (C=N–C) groups is 1. The summed E-state index contributed by atoms with van der Waals surface area (Å²) in [6.07, 6.45) is 1.67. The fourth-order valence-electron chi connectivity index (χ4n) is 0.676. The maximum absolute atomic E-state index is 4.09. The van der Waals surface area contributed by atoms with Crippen molar-refractivity contribution in [1.29, 1.82) is 0 Å². The quantitative estimate of drug-likeness (QED) is 0.620. The first-order chi connectivity index (χ1) is 5.61. The van der Waals surface area contributed by atoms with E-state index in [1.165, 1.54) is 0 Å². The number of hydrogen-bond acceptors (Lipinski definition) is 3. The van der Waals surface area contributed by atoms with Gasteiger partial charge in [-0.05, 0) is 19.4 Å². The summed E-state index contributed by atoms with van der Waals surface area (Å²) in [6, 6.07) is 0. The molecule has 0 fully saturated rings. The molecule has 0 spiro atoms. The van der Waals surface area contributed by atoms with Crippen molar-refractivity contribution < 1.29 is 0 Å². The average molecular weight is 164 g/mol. The Morgan fingerprint density at radius 3 is 2.67 bits per heavy atom. The summed E-state index contributed by atoms with van der Waals surface area (Å²) in [5.74, 6) is 1.46. The lowest BCUT2D eigenvalue weighted by Crippen LogP contribution is -1.90. The van der Waals surface area contributed by atoms with E-state index in [1.54, 1.807) is 6.21 Å². The molecule has 64 valence electrons. The van der Waals surface area contributed by atoms with Crippen molar-refractivity contribution in [2.75, 3.05) is 0 Å². The van der Waals surface area contributed by atoms with E-state index in [0.29, 0.717) is 5.95 Å². The number of rotatable bonds is 2. The van der Waals surface area contributed by atoms with Crippen LogP contribution >= 0.6 is 0 Å². The van der Waals surface area contributed by atoms with E-state index in [9.17, 15) is 0 Å². The molecule has 0 amide bonds. The summed E-state index contributed by atoms with van der Waals surface area (Å²) in [7, 11) is 1.88. The van der Waals surface area contributed by atoms with Gasteiger partial charge >= 0.3 is 0 Å². The van der Waals surface area contributed by atoms with Gasteiger partial charge in [0.1, 0.15) is 5.82 Å². The van der Waals surface area contributed by atoms with Crippen LogP contribution in [0.1, 0.15) is 12.7 Å². The van der Waals surface area contributed by atoms with Crippen molar-refractivity contribution in [3.8, 4) is 0 Å². The van der Waals surface area contributed by atoms with Gasteiger partial charge in [-0.1, -0.05) is 6.58 Å². The molecule has 4 heteroatoms. The molecule has 0 unspecified atom stereocenters. The van der Waals surface area contributed by atoms with Crippen LogP contribution in [0.15, 0.2) is 17.1 Å². The van der Waals surface area contributed by atoms with Crippen LogP contribution in [-0.4, -0.2) is 21.0 Å². The van der Waals surface area contributed by atoms with Crippen molar-refractivity contribution in [1.82, 2.24) is 14.8 Å². The number of allylic oxidation sites excluding steroid dienone is 1. The first kappa shape index (κ1) is 8.64. The van der Waals surface area contributed by atoms with Gasteiger partial charge in [0.25, 0.3) is 5.95 Å². The molecule has 0 aliphatic rings. The topological polar surface area (TPSA) is 43.1 Å². The van der Waals surface area contributed by atoms with Gasteiger partial charge in [0.2, 0.25) is 0 Å². The third kappa shape index (κ3) is 1.78. The van der Waals surface area contributed by atoms with Crippen LogP contribution < -0.4 is 0 Å². The Kier molecular flexibility index (Phi) is 2.38. The minimum Gasteiger partial charge on any atom is -0.299 e. The van der Waals surface area contributed by atoms with Crippen molar-refractivity contribution in [3.63, 3.8) is 0 Å². The lowest BCUT2D eigenvalue weighted by molar-refractivity contribution is 0.859. The van der Waals surface area contributed by atoms with Crippen LogP contribution in [0, 0.1) is 6.92 Å². The Morgan fingerprint density at radius 1 is 1.58 bits per heavy atom. The molecule has 1 aromatic rings. The maximum Gasteiger partial charge on any atom is 0.250 e. The van der Waals surface area contributed by atoms with Crippen LogP contribution in [0.2, 0.25) is 0 Å². The van der Waals surface area contributed by atoms with E-state index in [0.717, 1.165) is 11.4 Å². The van der Waals surface area contributed by atoms with Crippen molar-refractivity contribution >= 4 is 12.2 Å². The second kappa shape index (κ2) is 3.30. The Morgan fingerprint density at radius 2 is 2.25 bits per heavy atom. The van der Waals surface area contributed by atoms with Gasteiger partial charge in [0.05, 0.1) is 0 Å². The van der Waals surface area contributed by atoms with Crippen molar-refractivity contribution in [2.45, 2.75) is 13.8 Å². The molecule has 0 radical (unpaired) electrons. The molecule has 0 aliphatic heterocycles. The number of nitrogens with zero attached hydrogens (tertiary/aromatic N) is 4. The summed E-state index contributed by atoms with van der Waals surface area (Å²) in [6.45, 7) is 7.46. The molecular formula is C8H12N4. The number of hydrogen-bond donors (Lipinski definition) is 0. The molecule has 0 aromatic carbocycles. The molecule has 12 heavy (non-hydrogen) atoms. The standard InChI is InChI=1S/C8H12N4/c1-6(2)5-9-8-11-10-7(3)12(8)4/h5H,1H2,2-4H3/b9-5-. The van der Waals surface area contributed by atoms with Gasteiger partial charge < -0.3 is 0 Å². The van der Waals surface area contributed by atoms with E-state index in [1.807, 2.05) is 25.5 Å². The molecule has 1 aromatic heterocycles. The van der Waals surface area contributed by atoms with Gasteiger partial charge in [-0.15, -0.1) is 10.2 Å². The van der Waals surface area contributed by atoms with E-state index in [4.69, 9.17) is 0 Å². The Balaban J connectivity index is 2.90. The lowest BCUT2D eigenvalue weighted by atomic mass is 10.4. The van der Waals surface area contributed by atoms with Gasteiger partial charge in [0, 0.05) is 13.3 Å². The summed E-state index contributed by atoms with van der Waals surface area (Å²) in [5.41, 5.74) is 0.899. The minimum atomic E-state index is 0.607. The first-order valence-electron chi connectivity index (χ1n) is 3.67. The SMILES string of the molecule is C=C(C)/C=N\c1nnc(C)n1C. The molecule has 4 nitrogen and oxygen atoms in total. The lowest BCUT2D eigenvalue weighted by Gasteiger charge is -1.93. The fraction of sp³-hybridized carbons (Fsp3) is 0.375. The normalized spacial score (nSPS) is 10.9.